The lowest BCUT2D eigenvalue weighted by molar-refractivity contribution is 0.0935. The van der Waals surface area contributed by atoms with E-state index in [-0.39, 0.29) is 24.2 Å². The molecule has 7 nitrogen and oxygen atoms in total. The molecule has 0 aliphatic heterocycles. The Kier molecular flexibility index (Phi) is 7.00. The third-order valence-corrected chi connectivity index (χ3v) is 4.25. The molecule has 1 atom stereocenters. The second-order valence-corrected chi connectivity index (χ2v) is 6.90. The summed E-state index contributed by atoms with van der Waals surface area (Å²) in [6.07, 6.45) is 0.238. The lowest BCUT2D eigenvalue weighted by atomic mass is 10.0. The molecular weight excluding hydrogens is 342 g/mol. The highest BCUT2D eigenvalue weighted by Gasteiger charge is 2.18. The van der Waals surface area contributed by atoms with Gasteiger partial charge in [0, 0.05) is 18.7 Å². The number of nitrogens with zero attached hydrogens (tertiary/aromatic N) is 1. The Hall–Kier alpha value is -2.35. The van der Waals surface area contributed by atoms with Crippen molar-refractivity contribution in [3.8, 4) is 10.6 Å². The number of aromatic nitrogens is 1. The minimum atomic E-state index is -0.483. The van der Waals surface area contributed by atoms with Crippen LogP contribution in [-0.4, -0.2) is 36.4 Å². The first-order valence-corrected chi connectivity index (χ1v) is 9.09. The molecule has 2 aromatic rings. The van der Waals surface area contributed by atoms with Crippen molar-refractivity contribution in [2.24, 2.45) is 5.92 Å². The molecule has 0 fully saturated rings. The fourth-order valence-electron chi connectivity index (χ4n) is 2.33. The average molecular weight is 365 g/mol. The number of alkyl carbamates (subject to hydrolysis) is 1. The third kappa shape index (κ3) is 5.90. The Morgan fingerprint density at radius 3 is 2.84 bits per heavy atom. The second-order valence-electron chi connectivity index (χ2n) is 5.96. The van der Waals surface area contributed by atoms with Gasteiger partial charge in [-0.2, -0.15) is 0 Å². The van der Waals surface area contributed by atoms with Crippen LogP contribution < -0.4 is 10.6 Å². The monoisotopic (exact) mass is 365 g/mol. The normalized spacial score (nSPS) is 12.0. The van der Waals surface area contributed by atoms with Crippen LogP contribution in [0, 0.1) is 5.92 Å². The molecule has 0 bridgehead atoms. The van der Waals surface area contributed by atoms with Gasteiger partial charge in [0.05, 0.1) is 11.5 Å². The van der Waals surface area contributed by atoms with E-state index in [1.165, 1.54) is 11.3 Å². The molecule has 2 rings (SSSR count). The summed E-state index contributed by atoms with van der Waals surface area (Å²) in [4.78, 5) is 24.8. The number of carbonyl (C=O) groups is 2. The number of rotatable bonds is 8. The van der Waals surface area contributed by atoms with Crippen LogP contribution in [0.2, 0.25) is 0 Å². The van der Waals surface area contributed by atoms with E-state index in [0.717, 1.165) is 11.3 Å². The Bertz CT molecular complexity index is 682. The number of hydrogen-bond donors (Lipinski definition) is 2. The Morgan fingerprint density at radius 2 is 2.20 bits per heavy atom. The van der Waals surface area contributed by atoms with Gasteiger partial charge < -0.3 is 19.9 Å². The maximum atomic E-state index is 12.3. The van der Waals surface area contributed by atoms with Gasteiger partial charge in [0.2, 0.25) is 0 Å². The zero-order chi connectivity index (χ0) is 18.2. The van der Waals surface area contributed by atoms with Gasteiger partial charge in [-0.05, 0) is 30.7 Å². The molecule has 0 aliphatic rings. The number of thiophene rings is 1. The zero-order valence-electron chi connectivity index (χ0n) is 14.6. The summed E-state index contributed by atoms with van der Waals surface area (Å²) in [5, 5.41) is 11.3. The van der Waals surface area contributed by atoms with Crippen LogP contribution in [0.1, 0.15) is 37.7 Å². The number of hydrogen-bond acceptors (Lipinski definition) is 6. The molecule has 0 aliphatic carbocycles. The minimum absolute atomic E-state index is 0.211. The highest BCUT2D eigenvalue weighted by Crippen LogP contribution is 2.25. The summed E-state index contributed by atoms with van der Waals surface area (Å²) >= 11 is 1.51. The highest BCUT2D eigenvalue weighted by atomic mass is 32.1. The molecule has 2 aromatic heterocycles. The van der Waals surface area contributed by atoms with E-state index in [4.69, 9.17) is 9.26 Å². The molecule has 2 amide bonds. The van der Waals surface area contributed by atoms with E-state index in [9.17, 15) is 9.59 Å². The fourth-order valence-corrected chi connectivity index (χ4v) is 3.00. The van der Waals surface area contributed by atoms with Gasteiger partial charge in [-0.25, -0.2) is 4.79 Å². The average Bonchev–Trinajstić information content (AvgIpc) is 3.22. The smallest absolute Gasteiger partial charge is 0.407 e. The summed E-state index contributed by atoms with van der Waals surface area (Å²) in [5.41, 5.74) is 0.211. The predicted octanol–water partition coefficient (Wildman–Crippen LogP) is 3.29. The maximum absolute atomic E-state index is 12.3. The van der Waals surface area contributed by atoms with Crippen LogP contribution in [0.15, 0.2) is 28.1 Å². The summed E-state index contributed by atoms with van der Waals surface area (Å²) in [6, 6.07) is 5.19. The van der Waals surface area contributed by atoms with E-state index in [0.29, 0.717) is 18.3 Å². The van der Waals surface area contributed by atoms with Gasteiger partial charge in [0.25, 0.3) is 5.91 Å². The lowest BCUT2D eigenvalue weighted by Crippen LogP contribution is -2.44. The molecule has 0 saturated carbocycles. The minimum Gasteiger partial charge on any atom is -0.450 e. The molecule has 25 heavy (non-hydrogen) atoms. The van der Waals surface area contributed by atoms with Gasteiger partial charge in [0.1, 0.15) is 0 Å². The van der Waals surface area contributed by atoms with E-state index >= 15 is 0 Å². The summed E-state index contributed by atoms with van der Waals surface area (Å²) in [5.74, 6) is 0.579. The number of nitrogens with one attached hydrogen (secondary N) is 2. The maximum Gasteiger partial charge on any atom is 0.407 e. The van der Waals surface area contributed by atoms with Crippen molar-refractivity contribution >= 4 is 23.3 Å². The molecule has 0 saturated heterocycles. The third-order valence-electron chi connectivity index (χ3n) is 3.37. The van der Waals surface area contributed by atoms with Gasteiger partial charge in [0.15, 0.2) is 11.5 Å². The first kappa shape index (κ1) is 19.0. The topological polar surface area (TPSA) is 93.5 Å². The highest BCUT2D eigenvalue weighted by molar-refractivity contribution is 7.13. The summed E-state index contributed by atoms with van der Waals surface area (Å²) < 4.78 is 10.1. The SMILES string of the molecule is CCOC(=O)NC(CNC(=O)c1cc(-c2cccs2)on1)CC(C)C. The van der Waals surface area contributed by atoms with Crippen molar-refractivity contribution < 1.29 is 18.8 Å². The van der Waals surface area contributed by atoms with Crippen LogP contribution >= 0.6 is 11.3 Å². The Morgan fingerprint density at radius 1 is 1.40 bits per heavy atom. The number of carbonyl (C=O) groups excluding carboxylic acids is 2. The van der Waals surface area contributed by atoms with Crippen LogP contribution in [0.25, 0.3) is 10.6 Å². The first-order valence-electron chi connectivity index (χ1n) is 8.21. The standard InChI is InChI=1S/C17H23N3O4S/c1-4-23-17(22)19-12(8-11(2)3)10-18-16(21)13-9-14(24-20-13)15-6-5-7-25-15/h5-7,9,11-12H,4,8,10H2,1-3H3,(H,18,21)(H,19,22). The molecule has 2 N–H and O–H groups in total. The molecule has 0 aromatic carbocycles. The number of amides is 2. The Labute approximate surface area is 150 Å². The van der Waals surface area contributed by atoms with Gasteiger partial charge >= 0.3 is 6.09 Å². The van der Waals surface area contributed by atoms with Crippen LogP contribution in [0.5, 0.6) is 0 Å². The molecule has 1 unspecified atom stereocenters. The largest absolute Gasteiger partial charge is 0.450 e. The second kappa shape index (κ2) is 9.22. The molecular formula is C17H23N3O4S. The summed E-state index contributed by atoms with van der Waals surface area (Å²) in [6.45, 7) is 6.43. The van der Waals surface area contributed by atoms with Crippen LogP contribution in [0.3, 0.4) is 0 Å². The molecule has 8 heteroatoms. The number of ether oxygens (including phenoxy) is 1. The Balaban J connectivity index is 1.92. The van der Waals surface area contributed by atoms with Crippen molar-refractivity contribution in [3.63, 3.8) is 0 Å². The molecule has 0 radical (unpaired) electrons. The predicted molar refractivity (Wildman–Crippen MR) is 95.5 cm³/mol. The van der Waals surface area contributed by atoms with Gasteiger partial charge in [-0.3, -0.25) is 4.79 Å². The first-order chi connectivity index (χ1) is 12.0. The van der Waals surface area contributed by atoms with Crippen molar-refractivity contribution in [2.75, 3.05) is 13.2 Å². The van der Waals surface area contributed by atoms with Crippen molar-refractivity contribution in [1.29, 1.82) is 0 Å². The van der Waals surface area contributed by atoms with Crippen molar-refractivity contribution in [1.82, 2.24) is 15.8 Å². The van der Waals surface area contributed by atoms with Crippen LogP contribution in [0.4, 0.5) is 4.79 Å². The van der Waals surface area contributed by atoms with E-state index in [2.05, 4.69) is 15.8 Å². The van der Waals surface area contributed by atoms with Gasteiger partial charge in [-0.15, -0.1) is 11.3 Å². The van der Waals surface area contributed by atoms with Crippen molar-refractivity contribution in [3.05, 3.63) is 29.3 Å². The molecule has 136 valence electrons. The van der Waals surface area contributed by atoms with Gasteiger partial charge in [-0.1, -0.05) is 25.1 Å². The lowest BCUT2D eigenvalue weighted by Gasteiger charge is -2.20. The van der Waals surface area contributed by atoms with Crippen molar-refractivity contribution in [2.45, 2.75) is 33.2 Å². The van der Waals surface area contributed by atoms with E-state index < -0.39 is 6.09 Å². The fraction of sp³-hybridized carbons (Fsp3) is 0.471. The van der Waals surface area contributed by atoms with E-state index in [1.807, 2.05) is 31.4 Å². The molecule has 0 spiro atoms. The summed E-state index contributed by atoms with van der Waals surface area (Å²) in [7, 11) is 0. The van der Waals surface area contributed by atoms with Crippen LogP contribution in [-0.2, 0) is 4.74 Å². The zero-order valence-corrected chi connectivity index (χ0v) is 15.4. The van der Waals surface area contributed by atoms with E-state index in [1.54, 1.807) is 13.0 Å². The quantitative estimate of drug-likeness (QED) is 0.749. The molecule has 2 heterocycles.